The molecule has 1 aliphatic heterocycles. The predicted molar refractivity (Wildman–Crippen MR) is 68.1 cm³/mol. The van der Waals surface area contributed by atoms with Gasteiger partial charge in [-0.3, -0.25) is 9.69 Å². The highest BCUT2D eigenvalue weighted by Crippen LogP contribution is 2.19. The summed E-state index contributed by atoms with van der Waals surface area (Å²) >= 11 is 0. The van der Waals surface area contributed by atoms with E-state index in [9.17, 15) is 4.79 Å². The van der Waals surface area contributed by atoms with Gasteiger partial charge in [-0.2, -0.15) is 0 Å². The van der Waals surface area contributed by atoms with Crippen LogP contribution in [0.3, 0.4) is 0 Å². The third kappa shape index (κ3) is 2.93. The number of furan rings is 1. The van der Waals surface area contributed by atoms with Gasteiger partial charge >= 0.3 is 5.97 Å². The summed E-state index contributed by atoms with van der Waals surface area (Å²) in [6, 6.07) is 1.79. The van der Waals surface area contributed by atoms with Crippen LogP contribution in [0.15, 0.2) is 16.7 Å². The molecule has 0 aliphatic carbocycles. The van der Waals surface area contributed by atoms with Gasteiger partial charge in [-0.05, 0) is 38.9 Å². The van der Waals surface area contributed by atoms with Gasteiger partial charge in [0, 0.05) is 5.56 Å². The van der Waals surface area contributed by atoms with Gasteiger partial charge < -0.3 is 9.15 Å². The van der Waals surface area contributed by atoms with Gasteiger partial charge in [0.2, 0.25) is 0 Å². The number of nitrogens with zero attached hydrogens (tertiary/aromatic N) is 1. The second-order valence-electron chi connectivity index (χ2n) is 4.75. The molecule has 0 radical (unpaired) electrons. The molecule has 1 aliphatic rings. The maximum Gasteiger partial charge on any atom is 0.323 e. The summed E-state index contributed by atoms with van der Waals surface area (Å²) in [5.74, 6) is 0.718. The maximum atomic E-state index is 12.1. The summed E-state index contributed by atoms with van der Waals surface area (Å²) in [5, 5.41) is 0. The number of carbonyl (C=O) groups is 1. The van der Waals surface area contributed by atoms with E-state index in [2.05, 4.69) is 11.8 Å². The highest BCUT2D eigenvalue weighted by atomic mass is 16.5. The van der Waals surface area contributed by atoms with Crippen LogP contribution in [0.2, 0.25) is 0 Å². The minimum atomic E-state index is -0.0999. The van der Waals surface area contributed by atoms with E-state index in [0.29, 0.717) is 6.61 Å². The fraction of sp³-hybridized carbons (Fsp3) is 0.643. The zero-order valence-corrected chi connectivity index (χ0v) is 11.1. The molecule has 0 amide bonds. The number of ether oxygens (including phenoxy) is 1. The quantitative estimate of drug-likeness (QED) is 0.771. The molecule has 2 heterocycles. The van der Waals surface area contributed by atoms with E-state index in [0.717, 1.165) is 37.3 Å². The smallest absolute Gasteiger partial charge is 0.323 e. The minimum absolute atomic E-state index is 0.0593. The van der Waals surface area contributed by atoms with Gasteiger partial charge in [-0.15, -0.1) is 0 Å². The third-order valence-electron chi connectivity index (χ3n) is 3.63. The van der Waals surface area contributed by atoms with E-state index < -0.39 is 0 Å². The van der Waals surface area contributed by atoms with E-state index in [1.165, 1.54) is 6.42 Å². The highest BCUT2D eigenvalue weighted by Gasteiger charge is 2.28. The molecular weight excluding hydrogens is 230 g/mol. The second kappa shape index (κ2) is 6.05. The fourth-order valence-corrected chi connectivity index (χ4v) is 2.44. The Morgan fingerprint density at radius 2 is 2.39 bits per heavy atom. The van der Waals surface area contributed by atoms with Gasteiger partial charge in [0.05, 0.1) is 6.26 Å². The van der Waals surface area contributed by atoms with Crippen molar-refractivity contribution in [3.63, 3.8) is 0 Å². The number of hydrogen-bond acceptors (Lipinski definition) is 4. The van der Waals surface area contributed by atoms with Crippen molar-refractivity contribution >= 4 is 5.97 Å². The Kier molecular flexibility index (Phi) is 4.42. The van der Waals surface area contributed by atoms with Crippen LogP contribution >= 0.6 is 0 Å². The van der Waals surface area contributed by atoms with Gasteiger partial charge in [0.1, 0.15) is 18.4 Å². The first-order valence-electron chi connectivity index (χ1n) is 6.66. The Labute approximate surface area is 108 Å². The lowest BCUT2D eigenvalue weighted by Gasteiger charge is -2.32. The topological polar surface area (TPSA) is 42.7 Å². The Morgan fingerprint density at radius 1 is 1.56 bits per heavy atom. The van der Waals surface area contributed by atoms with Crippen molar-refractivity contribution in [1.29, 1.82) is 0 Å². The van der Waals surface area contributed by atoms with Crippen molar-refractivity contribution in [2.75, 3.05) is 13.1 Å². The molecule has 0 aromatic carbocycles. The number of carbonyl (C=O) groups excluding carboxylic acids is 1. The van der Waals surface area contributed by atoms with Crippen molar-refractivity contribution < 1.29 is 13.9 Å². The molecule has 0 bridgehead atoms. The van der Waals surface area contributed by atoms with Gasteiger partial charge in [-0.25, -0.2) is 0 Å². The highest BCUT2D eigenvalue weighted by molar-refractivity contribution is 5.75. The van der Waals surface area contributed by atoms with Crippen LogP contribution < -0.4 is 0 Å². The number of piperidine rings is 1. The van der Waals surface area contributed by atoms with Gasteiger partial charge in [0.15, 0.2) is 0 Å². The standard InChI is InChI=1S/C14H21NO3/c1-3-15-8-5-4-6-13(15)14(16)18-10-12-7-9-17-11(12)2/h7,9,13H,3-6,8,10H2,1-2H3. The van der Waals surface area contributed by atoms with Crippen molar-refractivity contribution in [2.24, 2.45) is 0 Å². The Bertz CT molecular complexity index is 399. The number of hydrogen-bond donors (Lipinski definition) is 0. The number of likely N-dealkylation sites (tertiary alicyclic amines) is 1. The lowest BCUT2D eigenvalue weighted by atomic mass is 10.0. The molecule has 100 valence electrons. The first-order chi connectivity index (χ1) is 8.72. The van der Waals surface area contributed by atoms with Crippen LogP contribution in [-0.4, -0.2) is 30.0 Å². The van der Waals surface area contributed by atoms with Crippen LogP contribution in [0, 0.1) is 6.92 Å². The van der Waals surface area contributed by atoms with Crippen LogP contribution in [0.25, 0.3) is 0 Å². The molecule has 0 saturated carbocycles. The average Bonchev–Trinajstić information content (AvgIpc) is 2.81. The molecule has 0 N–H and O–H groups in total. The van der Waals surface area contributed by atoms with Crippen molar-refractivity contribution in [1.82, 2.24) is 4.90 Å². The lowest BCUT2D eigenvalue weighted by Crippen LogP contribution is -2.45. The summed E-state index contributed by atoms with van der Waals surface area (Å²) in [6.07, 6.45) is 4.83. The summed E-state index contributed by atoms with van der Waals surface area (Å²) < 4.78 is 10.6. The zero-order valence-electron chi connectivity index (χ0n) is 11.1. The average molecular weight is 251 g/mol. The molecule has 1 aromatic heterocycles. The summed E-state index contributed by atoms with van der Waals surface area (Å²) in [6.45, 7) is 6.19. The molecule has 1 atom stereocenters. The first kappa shape index (κ1) is 13.1. The van der Waals surface area contributed by atoms with E-state index in [4.69, 9.17) is 9.15 Å². The Balaban J connectivity index is 1.89. The predicted octanol–water partition coefficient (Wildman–Crippen LogP) is 2.51. The maximum absolute atomic E-state index is 12.1. The summed E-state index contributed by atoms with van der Waals surface area (Å²) in [5.41, 5.74) is 0.946. The summed E-state index contributed by atoms with van der Waals surface area (Å²) in [7, 11) is 0. The minimum Gasteiger partial charge on any atom is -0.469 e. The van der Waals surface area contributed by atoms with Crippen LogP contribution in [-0.2, 0) is 16.1 Å². The molecule has 4 heteroatoms. The van der Waals surface area contributed by atoms with Crippen LogP contribution in [0.4, 0.5) is 0 Å². The number of aryl methyl sites for hydroxylation is 1. The summed E-state index contributed by atoms with van der Waals surface area (Å²) in [4.78, 5) is 14.3. The van der Waals surface area contributed by atoms with Gasteiger partial charge in [-0.1, -0.05) is 13.3 Å². The molecule has 4 nitrogen and oxygen atoms in total. The molecule has 1 unspecified atom stereocenters. The van der Waals surface area contributed by atoms with Crippen molar-refractivity contribution in [3.05, 3.63) is 23.7 Å². The Morgan fingerprint density at radius 3 is 3.06 bits per heavy atom. The van der Waals surface area contributed by atoms with E-state index in [1.807, 2.05) is 13.0 Å². The van der Waals surface area contributed by atoms with Crippen LogP contribution in [0.5, 0.6) is 0 Å². The second-order valence-corrected chi connectivity index (χ2v) is 4.75. The largest absolute Gasteiger partial charge is 0.469 e. The lowest BCUT2D eigenvalue weighted by molar-refractivity contribution is -0.152. The molecular formula is C14H21NO3. The SMILES string of the molecule is CCN1CCCCC1C(=O)OCc1ccoc1C. The number of esters is 1. The van der Waals surface area contributed by atoms with Crippen molar-refractivity contribution in [3.8, 4) is 0 Å². The molecule has 1 saturated heterocycles. The number of rotatable bonds is 4. The van der Waals surface area contributed by atoms with E-state index in [-0.39, 0.29) is 12.0 Å². The zero-order chi connectivity index (χ0) is 13.0. The molecule has 1 fully saturated rings. The van der Waals surface area contributed by atoms with Crippen LogP contribution in [0.1, 0.15) is 37.5 Å². The van der Waals surface area contributed by atoms with E-state index in [1.54, 1.807) is 6.26 Å². The molecule has 18 heavy (non-hydrogen) atoms. The molecule has 1 aromatic rings. The normalized spacial score (nSPS) is 20.9. The van der Waals surface area contributed by atoms with Crippen molar-refractivity contribution in [2.45, 2.75) is 45.8 Å². The monoisotopic (exact) mass is 251 g/mol. The molecule has 2 rings (SSSR count). The Hall–Kier alpha value is -1.29. The molecule has 0 spiro atoms. The fourth-order valence-electron chi connectivity index (χ4n) is 2.44. The van der Waals surface area contributed by atoms with E-state index >= 15 is 0 Å². The first-order valence-corrected chi connectivity index (χ1v) is 6.66. The van der Waals surface area contributed by atoms with Gasteiger partial charge in [0.25, 0.3) is 0 Å². The third-order valence-corrected chi connectivity index (χ3v) is 3.63. The number of likely N-dealkylation sites (N-methyl/N-ethyl adjacent to an activating group) is 1.